The van der Waals surface area contributed by atoms with Gasteiger partial charge in [-0.25, -0.2) is 4.79 Å². The lowest BCUT2D eigenvalue weighted by atomic mass is 10.1. The number of furan rings is 1. The summed E-state index contributed by atoms with van der Waals surface area (Å²) >= 11 is 0. The molecular formula is C14H10O3. The van der Waals surface area contributed by atoms with E-state index in [-0.39, 0.29) is 5.56 Å². The Morgan fingerprint density at radius 2 is 2.00 bits per heavy atom. The Labute approximate surface area is 97.3 Å². The van der Waals surface area contributed by atoms with Gasteiger partial charge in [0.15, 0.2) is 0 Å². The van der Waals surface area contributed by atoms with Crippen LogP contribution in [0.4, 0.5) is 0 Å². The molecule has 0 radical (unpaired) electrons. The molecule has 1 N–H and O–H groups in total. The molecule has 0 saturated heterocycles. The number of aromatic carboxylic acids is 1. The maximum absolute atomic E-state index is 10.9. The summed E-state index contributed by atoms with van der Waals surface area (Å²) in [5, 5.41) is 10.8. The molecule has 3 nitrogen and oxygen atoms in total. The summed E-state index contributed by atoms with van der Waals surface area (Å²) in [6.45, 7) is 1.98. The third-order valence-corrected chi connectivity index (χ3v) is 2.94. The topological polar surface area (TPSA) is 50.4 Å². The summed E-state index contributed by atoms with van der Waals surface area (Å²) in [7, 11) is 0. The van der Waals surface area contributed by atoms with E-state index in [1.807, 2.05) is 25.1 Å². The molecule has 3 rings (SSSR count). The zero-order chi connectivity index (χ0) is 12.0. The third-order valence-electron chi connectivity index (χ3n) is 2.94. The molecule has 2 aromatic carbocycles. The second kappa shape index (κ2) is 3.35. The van der Waals surface area contributed by atoms with Crippen molar-refractivity contribution >= 4 is 27.9 Å². The predicted octanol–water partition coefficient (Wildman–Crippen LogP) is 3.59. The lowest BCUT2D eigenvalue weighted by molar-refractivity contribution is 0.0697. The van der Waals surface area contributed by atoms with Crippen molar-refractivity contribution in [1.29, 1.82) is 0 Å². The second-order valence-electron chi connectivity index (χ2n) is 4.07. The zero-order valence-corrected chi connectivity index (χ0v) is 9.23. The summed E-state index contributed by atoms with van der Waals surface area (Å²) < 4.78 is 5.73. The van der Waals surface area contributed by atoms with E-state index in [4.69, 9.17) is 9.52 Å². The van der Waals surface area contributed by atoms with Gasteiger partial charge in [-0.05, 0) is 30.7 Å². The molecule has 0 amide bonds. The Bertz CT molecular complexity index is 738. The number of carboxylic acid groups (broad SMARTS) is 1. The van der Waals surface area contributed by atoms with Crippen molar-refractivity contribution in [2.75, 3.05) is 0 Å². The van der Waals surface area contributed by atoms with Crippen LogP contribution in [0, 0.1) is 6.92 Å². The molecule has 0 fully saturated rings. The van der Waals surface area contributed by atoms with Crippen molar-refractivity contribution in [3.8, 4) is 0 Å². The second-order valence-corrected chi connectivity index (χ2v) is 4.07. The number of hydrogen-bond acceptors (Lipinski definition) is 2. The summed E-state index contributed by atoms with van der Waals surface area (Å²) in [5.41, 5.74) is 2.88. The molecule has 3 heteroatoms. The molecule has 0 unspecified atom stereocenters. The van der Waals surface area contributed by atoms with Gasteiger partial charge in [-0.15, -0.1) is 0 Å². The highest BCUT2D eigenvalue weighted by Crippen LogP contribution is 2.31. The van der Waals surface area contributed by atoms with Crippen LogP contribution >= 0.6 is 0 Å². The van der Waals surface area contributed by atoms with Gasteiger partial charge in [0, 0.05) is 10.8 Å². The molecule has 0 bridgehead atoms. The van der Waals surface area contributed by atoms with Gasteiger partial charge in [0.25, 0.3) is 0 Å². The molecule has 0 aliphatic rings. The lowest BCUT2D eigenvalue weighted by Gasteiger charge is -1.94. The van der Waals surface area contributed by atoms with Gasteiger partial charge in [-0.2, -0.15) is 0 Å². The zero-order valence-electron chi connectivity index (χ0n) is 9.23. The molecule has 17 heavy (non-hydrogen) atoms. The number of para-hydroxylation sites is 1. The molecule has 3 aromatic rings. The van der Waals surface area contributed by atoms with Crippen molar-refractivity contribution in [1.82, 2.24) is 0 Å². The maximum atomic E-state index is 10.9. The number of hydrogen-bond donors (Lipinski definition) is 1. The number of carboxylic acids is 1. The van der Waals surface area contributed by atoms with Gasteiger partial charge in [0.1, 0.15) is 11.2 Å². The molecule has 0 spiro atoms. The predicted molar refractivity (Wildman–Crippen MR) is 65.4 cm³/mol. The first-order chi connectivity index (χ1) is 8.16. The van der Waals surface area contributed by atoms with Gasteiger partial charge in [-0.1, -0.05) is 18.2 Å². The third kappa shape index (κ3) is 1.40. The molecule has 0 saturated carbocycles. The highest BCUT2D eigenvalue weighted by atomic mass is 16.4. The van der Waals surface area contributed by atoms with Crippen LogP contribution in [0.2, 0.25) is 0 Å². The lowest BCUT2D eigenvalue weighted by Crippen LogP contribution is -1.94. The van der Waals surface area contributed by atoms with E-state index in [9.17, 15) is 4.79 Å². The van der Waals surface area contributed by atoms with Crippen LogP contribution in [0.1, 0.15) is 15.9 Å². The first-order valence-electron chi connectivity index (χ1n) is 5.32. The summed E-state index contributed by atoms with van der Waals surface area (Å²) in [4.78, 5) is 10.9. The largest absolute Gasteiger partial charge is 0.478 e. The normalized spacial score (nSPS) is 11.1. The van der Waals surface area contributed by atoms with E-state index in [1.54, 1.807) is 18.2 Å². The van der Waals surface area contributed by atoms with Crippen molar-refractivity contribution in [3.05, 3.63) is 47.5 Å². The van der Waals surface area contributed by atoms with Crippen molar-refractivity contribution in [2.24, 2.45) is 0 Å². The minimum atomic E-state index is -0.922. The smallest absolute Gasteiger partial charge is 0.335 e. The van der Waals surface area contributed by atoms with Crippen LogP contribution in [0.15, 0.2) is 40.8 Å². The van der Waals surface area contributed by atoms with Crippen molar-refractivity contribution in [3.63, 3.8) is 0 Å². The monoisotopic (exact) mass is 226 g/mol. The maximum Gasteiger partial charge on any atom is 0.335 e. The van der Waals surface area contributed by atoms with Crippen LogP contribution in [-0.2, 0) is 0 Å². The fraction of sp³-hybridized carbons (Fsp3) is 0.0714. The van der Waals surface area contributed by atoms with E-state index in [0.717, 1.165) is 27.5 Å². The molecule has 84 valence electrons. The number of aryl methyl sites for hydroxylation is 1. The quantitative estimate of drug-likeness (QED) is 0.689. The Kier molecular flexibility index (Phi) is 1.95. The first-order valence-corrected chi connectivity index (χ1v) is 5.32. The van der Waals surface area contributed by atoms with E-state index < -0.39 is 5.97 Å². The fourth-order valence-corrected chi connectivity index (χ4v) is 2.07. The van der Waals surface area contributed by atoms with E-state index in [1.165, 1.54) is 0 Å². The van der Waals surface area contributed by atoms with Crippen LogP contribution in [0.25, 0.3) is 21.9 Å². The average molecular weight is 226 g/mol. The van der Waals surface area contributed by atoms with E-state index in [0.29, 0.717) is 0 Å². The minimum Gasteiger partial charge on any atom is -0.478 e. The SMILES string of the molecule is Cc1cccc2c1oc1ccc(C(=O)O)cc12. The molecule has 0 atom stereocenters. The number of fused-ring (bicyclic) bond motifs is 3. The minimum absolute atomic E-state index is 0.279. The van der Waals surface area contributed by atoms with Gasteiger partial charge in [-0.3, -0.25) is 0 Å². The van der Waals surface area contributed by atoms with Crippen LogP contribution < -0.4 is 0 Å². The summed E-state index contributed by atoms with van der Waals surface area (Å²) in [6.07, 6.45) is 0. The Morgan fingerprint density at radius 1 is 1.18 bits per heavy atom. The molecule has 0 aliphatic carbocycles. The highest BCUT2D eigenvalue weighted by molar-refractivity contribution is 6.08. The summed E-state index contributed by atoms with van der Waals surface area (Å²) in [5.74, 6) is -0.922. The van der Waals surface area contributed by atoms with Crippen molar-refractivity contribution < 1.29 is 14.3 Å². The molecule has 1 heterocycles. The van der Waals surface area contributed by atoms with Gasteiger partial charge in [0.05, 0.1) is 5.56 Å². The van der Waals surface area contributed by atoms with Gasteiger partial charge >= 0.3 is 5.97 Å². The standard InChI is InChI=1S/C14H10O3/c1-8-3-2-4-10-11-7-9(14(15)16)5-6-12(11)17-13(8)10/h2-7H,1H3,(H,15,16). The van der Waals surface area contributed by atoms with E-state index in [2.05, 4.69) is 0 Å². The molecular weight excluding hydrogens is 216 g/mol. The molecule has 0 aliphatic heterocycles. The van der Waals surface area contributed by atoms with Crippen LogP contribution in [0.5, 0.6) is 0 Å². The van der Waals surface area contributed by atoms with Crippen LogP contribution in [0.3, 0.4) is 0 Å². The van der Waals surface area contributed by atoms with E-state index >= 15 is 0 Å². The Morgan fingerprint density at radius 3 is 2.76 bits per heavy atom. The Balaban J connectivity index is 2.46. The fourth-order valence-electron chi connectivity index (χ4n) is 2.07. The Hall–Kier alpha value is -2.29. The number of carbonyl (C=O) groups is 1. The van der Waals surface area contributed by atoms with Crippen molar-refractivity contribution in [2.45, 2.75) is 6.92 Å². The van der Waals surface area contributed by atoms with Gasteiger partial charge in [0.2, 0.25) is 0 Å². The van der Waals surface area contributed by atoms with Gasteiger partial charge < -0.3 is 9.52 Å². The number of rotatable bonds is 1. The summed E-state index contributed by atoms with van der Waals surface area (Å²) in [6, 6.07) is 10.8. The molecule has 1 aromatic heterocycles. The first kappa shape index (κ1) is 9.90. The number of benzene rings is 2. The highest BCUT2D eigenvalue weighted by Gasteiger charge is 2.11. The van der Waals surface area contributed by atoms with Crippen LogP contribution in [-0.4, -0.2) is 11.1 Å². The average Bonchev–Trinajstić information content (AvgIpc) is 2.68.